The number of nitrogens with zero attached hydrogens (tertiary/aromatic N) is 3. The maximum absolute atomic E-state index is 12.9. The second kappa shape index (κ2) is 4.87. The van der Waals surface area contributed by atoms with Crippen molar-refractivity contribution in [2.75, 3.05) is 18.0 Å². The Hall–Kier alpha value is -1.37. The molecular weight excluding hydrogens is 269 g/mol. The molecule has 1 saturated carbocycles. The smallest absolute Gasteiger partial charge is 0.356 e. The summed E-state index contributed by atoms with van der Waals surface area (Å²) < 4.78 is 38.8. The maximum atomic E-state index is 12.9. The van der Waals surface area contributed by atoms with Crippen molar-refractivity contribution >= 4 is 5.82 Å². The van der Waals surface area contributed by atoms with E-state index in [2.05, 4.69) is 9.97 Å². The average Bonchev–Trinajstić information content (AvgIpc) is 3.22. The number of aromatic nitrogens is 2. The standard InChI is InChI=1S/C13H17F3N4/c14-13(15,16)10-7-11(19-12(18-10)8-1-2-8)20-5-3-9(17)4-6-20/h7-9H,1-6,17H2. The van der Waals surface area contributed by atoms with E-state index in [0.29, 0.717) is 24.7 Å². The number of anilines is 1. The van der Waals surface area contributed by atoms with E-state index in [1.54, 1.807) is 0 Å². The molecule has 4 nitrogen and oxygen atoms in total. The van der Waals surface area contributed by atoms with Crippen molar-refractivity contribution < 1.29 is 13.2 Å². The SMILES string of the molecule is NC1CCN(c2cc(C(F)(F)F)nc(C3CC3)n2)CC1. The molecule has 0 unspecified atom stereocenters. The molecule has 0 spiro atoms. The fraction of sp³-hybridized carbons (Fsp3) is 0.692. The molecule has 0 atom stereocenters. The van der Waals surface area contributed by atoms with E-state index >= 15 is 0 Å². The largest absolute Gasteiger partial charge is 0.433 e. The van der Waals surface area contributed by atoms with Gasteiger partial charge >= 0.3 is 6.18 Å². The van der Waals surface area contributed by atoms with Crippen LogP contribution in [0.4, 0.5) is 19.0 Å². The third kappa shape index (κ3) is 2.87. The molecule has 3 rings (SSSR count). The Balaban J connectivity index is 1.91. The Bertz CT molecular complexity index is 491. The van der Waals surface area contributed by atoms with Crippen LogP contribution in [0.3, 0.4) is 0 Å². The van der Waals surface area contributed by atoms with Crippen LogP contribution in [0.2, 0.25) is 0 Å². The number of hydrogen-bond donors (Lipinski definition) is 1. The topological polar surface area (TPSA) is 55.0 Å². The highest BCUT2D eigenvalue weighted by molar-refractivity contribution is 5.42. The van der Waals surface area contributed by atoms with E-state index in [9.17, 15) is 13.2 Å². The summed E-state index contributed by atoms with van der Waals surface area (Å²) in [4.78, 5) is 9.90. The van der Waals surface area contributed by atoms with Crippen LogP contribution in [0.15, 0.2) is 6.07 Å². The summed E-state index contributed by atoms with van der Waals surface area (Å²) >= 11 is 0. The molecule has 0 aromatic carbocycles. The molecular formula is C13H17F3N4. The Morgan fingerprint density at radius 3 is 2.30 bits per heavy atom. The highest BCUT2D eigenvalue weighted by Crippen LogP contribution is 2.40. The third-order valence-electron chi connectivity index (χ3n) is 3.83. The molecule has 1 aliphatic carbocycles. The Labute approximate surface area is 115 Å². The monoisotopic (exact) mass is 286 g/mol. The Kier molecular flexibility index (Phi) is 3.32. The number of halogens is 3. The molecule has 110 valence electrons. The van der Waals surface area contributed by atoms with Crippen LogP contribution in [-0.4, -0.2) is 29.1 Å². The minimum absolute atomic E-state index is 0.100. The number of rotatable bonds is 2. The van der Waals surface area contributed by atoms with E-state index in [1.165, 1.54) is 0 Å². The summed E-state index contributed by atoms with van der Waals surface area (Å²) in [6.45, 7) is 1.30. The highest BCUT2D eigenvalue weighted by atomic mass is 19.4. The minimum atomic E-state index is -4.42. The first-order chi connectivity index (χ1) is 9.43. The molecule has 2 N–H and O–H groups in total. The van der Waals surface area contributed by atoms with Crippen molar-refractivity contribution in [1.29, 1.82) is 0 Å². The van der Waals surface area contributed by atoms with Gasteiger partial charge in [-0.25, -0.2) is 9.97 Å². The molecule has 2 fully saturated rings. The molecule has 0 bridgehead atoms. The normalized spacial score (nSPS) is 21.3. The van der Waals surface area contributed by atoms with Crippen molar-refractivity contribution in [3.05, 3.63) is 17.6 Å². The van der Waals surface area contributed by atoms with Crippen molar-refractivity contribution in [3.8, 4) is 0 Å². The molecule has 1 aromatic rings. The van der Waals surface area contributed by atoms with Crippen LogP contribution >= 0.6 is 0 Å². The molecule has 2 aliphatic rings. The van der Waals surface area contributed by atoms with Crippen molar-refractivity contribution in [1.82, 2.24) is 9.97 Å². The van der Waals surface area contributed by atoms with Gasteiger partial charge in [-0.15, -0.1) is 0 Å². The van der Waals surface area contributed by atoms with E-state index in [0.717, 1.165) is 31.7 Å². The average molecular weight is 286 g/mol. The highest BCUT2D eigenvalue weighted by Gasteiger charge is 2.36. The van der Waals surface area contributed by atoms with Gasteiger partial charge in [0.1, 0.15) is 17.3 Å². The Morgan fingerprint density at radius 1 is 1.10 bits per heavy atom. The molecule has 1 aliphatic heterocycles. The van der Waals surface area contributed by atoms with Gasteiger partial charge in [0.05, 0.1) is 0 Å². The first kappa shape index (κ1) is 13.6. The number of nitrogens with two attached hydrogens (primary N) is 1. The summed E-state index contributed by atoms with van der Waals surface area (Å²) in [5.74, 6) is 0.828. The van der Waals surface area contributed by atoms with Gasteiger partial charge in [0, 0.05) is 31.1 Å². The predicted octanol–water partition coefficient (Wildman–Crippen LogP) is 2.30. The first-order valence-corrected chi connectivity index (χ1v) is 6.90. The lowest BCUT2D eigenvalue weighted by molar-refractivity contribution is -0.141. The Morgan fingerprint density at radius 2 is 1.75 bits per heavy atom. The number of piperidine rings is 1. The van der Waals surface area contributed by atoms with Crippen molar-refractivity contribution in [2.45, 2.75) is 43.8 Å². The molecule has 0 amide bonds. The van der Waals surface area contributed by atoms with E-state index in [1.807, 2.05) is 4.90 Å². The fourth-order valence-electron chi connectivity index (χ4n) is 2.41. The zero-order valence-corrected chi connectivity index (χ0v) is 11.0. The fourth-order valence-corrected chi connectivity index (χ4v) is 2.41. The zero-order valence-electron chi connectivity index (χ0n) is 11.0. The van der Waals surface area contributed by atoms with E-state index in [4.69, 9.17) is 5.73 Å². The summed E-state index contributed by atoms with van der Waals surface area (Å²) in [5, 5.41) is 0. The van der Waals surface area contributed by atoms with Crippen molar-refractivity contribution in [3.63, 3.8) is 0 Å². The van der Waals surface area contributed by atoms with Crippen LogP contribution < -0.4 is 10.6 Å². The summed E-state index contributed by atoms with van der Waals surface area (Å²) in [7, 11) is 0. The number of hydrogen-bond acceptors (Lipinski definition) is 4. The lowest BCUT2D eigenvalue weighted by atomic mass is 10.1. The first-order valence-electron chi connectivity index (χ1n) is 6.90. The molecule has 2 heterocycles. The van der Waals surface area contributed by atoms with Crippen LogP contribution in [-0.2, 0) is 6.18 Å². The lowest BCUT2D eigenvalue weighted by Gasteiger charge is -2.31. The molecule has 1 aromatic heterocycles. The quantitative estimate of drug-likeness (QED) is 0.906. The van der Waals surface area contributed by atoms with Gasteiger partial charge in [-0.1, -0.05) is 0 Å². The van der Waals surface area contributed by atoms with Gasteiger partial charge in [0.2, 0.25) is 0 Å². The lowest BCUT2D eigenvalue weighted by Crippen LogP contribution is -2.40. The molecule has 20 heavy (non-hydrogen) atoms. The van der Waals surface area contributed by atoms with Gasteiger partial charge in [-0.3, -0.25) is 0 Å². The second-order valence-corrected chi connectivity index (χ2v) is 5.57. The van der Waals surface area contributed by atoms with E-state index < -0.39 is 11.9 Å². The van der Waals surface area contributed by atoms with Gasteiger partial charge in [-0.05, 0) is 25.7 Å². The zero-order chi connectivity index (χ0) is 14.3. The number of alkyl halides is 3. The van der Waals surface area contributed by atoms with Gasteiger partial charge < -0.3 is 10.6 Å². The molecule has 7 heteroatoms. The van der Waals surface area contributed by atoms with Crippen molar-refractivity contribution in [2.24, 2.45) is 5.73 Å². The second-order valence-electron chi connectivity index (χ2n) is 5.57. The summed E-state index contributed by atoms with van der Waals surface area (Å²) in [6.07, 6.45) is -1.10. The minimum Gasteiger partial charge on any atom is -0.356 e. The van der Waals surface area contributed by atoms with Crippen LogP contribution in [0.1, 0.15) is 43.1 Å². The summed E-state index contributed by atoms with van der Waals surface area (Å²) in [5.41, 5.74) is 4.99. The molecule has 0 radical (unpaired) electrons. The third-order valence-corrected chi connectivity index (χ3v) is 3.83. The van der Waals surface area contributed by atoms with Crippen LogP contribution in [0.25, 0.3) is 0 Å². The predicted molar refractivity (Wildman–Crippen MR) is 68.4 cm³/mol. The van der Waals surface area contributed by atoms with E-state index in [-0.39, 0.29) is 12.0 Å². The molecule has 1 saturated heterocycles. The van der Waals surface area contributed by atoms with Crippen LogP contribution in [0.5, 0.6) is 0 Å². The van der Waals surface area contributed by atoms with Gasteiger partial charge in [0.25, 0.3) is 0 Å². The van der Waals surface area contributed by atoms with Gasteiger partial charge in [0.15, 0.2) is 0 Å². The van der Waals surface area contributed by atoms with Gasteiger partial charge in [-0.2, -0.15) is 13.2 Å². The van der Waals surface area contributed by atoms with Crippen LogP contribution in [0, 0.1) is 0 Å². The maximum Gasteiger partial charge on any atom is 0.433 e. The summed E-state index contributed by atoms with van der Waals surface area (Å²) in [6, 6.07) is 1.20.